The molecule has 112 valence electrons. The zero-order chi connectivity index (χ0) is 15.4. The van der Waals surface area contributed by atoms with Gasteiger partial charge in [0.05, 0.1) is 7.11 Å². The molecule has 1 unspecified atom stereocenters. The van der Waals surface area contributed by atoms with Crippen LogP contribution in [-0.4, -0.2) is 18.0 Å². The third-order valence-electron chi connectivity index (χ3n) is 3.72. The lowest BCUT2D eigenvalue weighted by molar-refractivity contribution is 0.406. The summed E-state index contributed by atoms with van der Waals surface area (Å²) >= 11 is 6.06. The smallest absolute Gasteiger partial charge is 0.128 e. The van der Waals surface area contributed by atoms with E-state index < -0.39 is 0 Å². The van der Waals surface area contributed by atoms with Gasteiger partial charge in [0.25, 0.3) is 0 Å². The van der Waals surface area contributed by atoms with E-state index in [1.807, 2.05) is 19.9 Å². The molecule has 0 N–H and O–H groups in total. The SMILES string of the molecule is COc1c(C)cnc(CC(CCl)c2ccccc2F)c1C. The summed E-state index contributed by atoms with van der Waals surface area (Å²) in [6, 6.07) is 6.75. The van der Waals surface area contributed by atoms with Crippen LogP contribution in [0.3, 0.4) is 0 Å². The van der Waals surface area contributed by atoms with Crippen LogP contribution >= 0.6 is 11.6 Å². The van der Waals surface area contributed by atoms with Crippen molar-refractivity contribution in [2.75, 3.05) is 13.0 Å². The molecule has 2 rings (SSSR count). The molecular weight excluding hydrogens is 289 g/mol. The molecule has 1 aromatic carbocycles. The molecule has 0 aliphatic carbocycles. The minimum atomic E-state index is -0.222. The fraction of sp³-hybridized carbons (Fsp3) is 0.353. The van der Waals surface area contributed by atoms with E-state index in [0.717, 1.165) is 22.6 Å². The number of methoxy groups -OCH3 is 1. The maximum atomic E-state index is 13.9. The van der Waals surface area contributed by atoms with Gasteiger partial charge in [-0.05, 0) is 31.9 Å². The summed E-state index contributed by atoms with van der Waals surface area (Å²) in [6.07, 6.45) is 2.38. The van der Waals surface area contributed by atoms with Gasteiger partial charge in [0.1, 0.15) is 11.6 Å². The minimum absolute atomic E-state index is 0.105. The molecular formula is C17H19ClFNO. The second-order valence-corrected chi connectivity index (χ2v) is 5.43. The molecule has 0 radical (unpaired) electrons. The van der Waals surface area contributed by atoms with Crippen molar-refractivity contribution in [2.45, 2.75) is 26.2 Å². The molecule has 4 heteroatoms. The van der Waals surface area contributed by atoms with Crippen LogP contribution in [0.15, 0.2) is 30.5 Å². The lowest BCUT2D eigenvalue weighted by Gasteiger charge is -2.18. The van der Waals surface area contributed by atoms with E-state index in [4.69, 9.17) is 16.3 Å². The highest BCUT2D eigenvalue weighted by Gasteiger charge is 2.18. The maximum absolute atomic E-state index is 13.9. The van der Waals surface area contributed by atoms with Crippen molar-refractivity contribution in [1.29, 1.82) is 0 Å². The van der Waals surface area contributed by atoms with Gasteiger partial charge < -0.3 is 4.74 Å². The summed E-state index contributed by atoms with van der Waals surface area (Å²) in [5, 5.41) is 0. The zero-order valence-corrected chi connectivity index (χ0v) is 13.2. The number of benzene rings is 1. The highest BCUT2D eigenvalue weighted by molar-refractivity contribution is 6.18. The molecule has 0 saturated carbocycles. The summed E-state index contributed by atoms with van der Waals surface area (Å²) in [5.74, 6) is 0.853. The Bertz CT molecular complexity index is 630. The van der Waals surface area contributed by atoms with Crippen LogP contribution in [0.25, 0.3) is 0 Å². The average Bonchev–Trinajstić information content (AvgIpc) is 2.48. The highest BCUT2D eigenvalue weighted by atomic mass is 35.5. The number of rotatable bonds is 5. The Morgan fingerprint density at radius 1 is 1.29 bits per heavy atom. The second kappa shape index (κ2) is 6.90. The summed E-state index contributed by atoms with van der Waals surface area (Å²) in [5.41, 5.74) is 3.51. The number of pyridine rings is 1. The Balaban J connectivity index is 2.34. The number of ether oxygens (including phenoxy) is 1. The van der Waals surface area contributed by atoms with Crippen LogP contribution in [0.2, 0.25) is 0 Å². The number of hydrogen-bond donors (Lipinski definition) is 0. The number of alkyl halides is 1. The molecule has 0 saturated heterocycles. The number of halogens is 2. The molecule has 0 bridgehead atoms. The topological polar surface area (TPSA) is 22.1 Å². The molecule has 0 aliphatic rings. The molecule has 0 amide bonds. The number of hydrogen-bond acceptors (Lipinski definition) is 2. The lowest BCUT2D eigenvalue weighted by Crippen LogP contribution is -2.10. The monoisotopic (exact) mass is 307 g/mol. The van der Waals surface area contributed by atoms with Gasteiger partial charge in [-0.1, -0.05) is 18.2 Å². The Kier molecular flexibility index (Phi) is 5.18. The van der Waals surface area contributed by atoms with Crippen LogP contribution in [0.4, 0.5) is 4.39 Å². The van der Waals surface area contributed by atoms with Crippen molar-refractivity contribution in [3.63, 3.8) is 0 Å². The third-order valence-corrected chi connectivity index (χ3v) is 4.09. The van der Waals surface area contributed by atoms with E-state index in [2.05, 4.69) is 4.98 Å². The number of aromatic nitrogens is 1. The van der Waals surface area contributed by atoms with Crippen molar-refractivity contribution in [1.82, 2.24) is 4.98 Å². The Morgan fingerprint density at radius 3 is 2.62 bits per heavy atom. The van der Waals surface area contributed by atoms with E-state index in [1.54, 1.807) is 25.4 Å². The summed E-state index contributed by atoms with van der Waals surface area (Å²) in [7, 11) is 1.65. The van der Waals surface area contributed by atoms with Crippen molar-refractivity contribution in [2.24, 2.45) is 0 Å². The Morgan fingerprint density at radius 2 is 2.00 bits per heavy atom. The number of aryl methyl sites for hydroxylation is 1. The predicted molar refractivity (Wildman–Crippen MR) is 83.8 cm³/mol. The zero-order valence-electron chi connectivity index (χ0n) is 12.5. The van der Waals surface area contributed by atoms with Crippen LogP contribution in [0.1, 0.15) is 28.3 Å². The Labute approximate surface area is 129 Å². The van der Waals surface area contributed by atoms with Crippen LogP contribution in [0, 0.1) is 19.7 Å². The van der Waals surface area contributed by atoms with Gasteiger partial charge in [-0.25, -0.2) is 4.39 Å². The van der Waals surface area contributed by atoms with Gasteiger partial charge in [0.15, 0.2) is 0 Å². The van der Waals surface area contributed by atoms with Gasteiger partial charge in [0, 0.05) is 34.8 Å². The molecule has 0 aliphatic heterocycles. The standard InChI is InChI=1S/C17H19ClFNO/c1-11-10-20-16(12(2)17(11)21-3)8-13(9-18)14-6-4-5-7-15(14)19/h4-7,10,13H,8-9H2,1-3H3. The number of nitrogens with zero attached hydrogens (tertiary/aromatic N) is 1. The second-order valence-electron chi connectivity index (χ2n) is 5.12. The van der Waals surface area contributed by atoms with Gasteiger partial charge in [0.2, 0.25) is 0 Å². The van der Waals surface area contributed by atoms with E-state index in [1.165, 1.54) is 6.07 Å². The summed E-state index contributed by atoms with van der Waals surface area (Å²) in [6.45, 7) is 3.93. The molecule has 21 heavy (non-hydrogen) atoms. The lowest BCUT2D eigenvalue weighted by atomic mass is 9.93. The van der Waals surface area contributed by atoms with E-state index in [-0.39, 0.29) is 11.7 Å². The normalized spacial score (nSPS) is 12.2. The van der Waals surface area contributed by atoms with Crippen LogP contribution in [0.5, 0.6) is 5.75 Å². The first kappa shape index (κ1) is 15.8. The first-order chi connectivity index (χ1) is 10.1. The predicted octanol–water partition coefficient (Wildman–Crippen LogP) is 4.41. The fourth-order valence-electron chi connectivity index (χ4n) is 2.56. The molecule has 0 fully saturated rings. The Hall–Kier alpha value is -1.61. The molecule has 1 aromatic heterocycles. The quantitative estimate of drug-likeness (QED) is 0.763. The van der Waals surface area contributed by atoms with Gasteiger partial charge in [-0.2, -0.15) is 0 Å². The molecule has 1 atom stereocenters. The maximum Gasteiger partial charge on any atom is 0.128 e. The van der Waals surface area contributed by atoms with Crippen molar-refractivity contribution in [3.8, 4) is 5.75 Å². The van der Waals surface area contributed by atoms with Gasteiger partial charge in [-0.3, -0.25) is 4.98 Å². The van der Waals surface area contributed by atoms with Crippen LogP contribution in [-0.2, 0) is 6.42 Å². The summed E-state index contributed by atoms with van der Waals surface area (Å²) < 4.78 is 19.3. The van der Waals surface area contributed by atoms with Crippen LogP contribution < -0.4 is 4.74 Å². The largest absolute Gasteiger partial charge is 0.496 e. The van der Waals surface area contributed by atoms with E-state index >= 15 is 0 Å². The van der Waals surface area contributed by atoms with E-state index in [0.29, 0.717) is 17.9 Å². The average molecular weight is 308 g/mol. The van der Waals surface area contributed by atoms with Gasteiger partial charge in [-0.15, -0.1) is 11.6 Å². The summed E-state index contributed by atoms with van der Waals surface area (Å²) in [4.78, 5) is 4.47. The highest BCUT2D eigenvalue weighted by Crippen LogP contribution is 2.29. The van der Waals surface area contributed by atoms with Crippen molar-refractivity contribution < 1.29 is 9.13 Å². The molecule has 1 heterocycles. The third kappa shape index (κ3) is 3.35. The van der Waals surface area contributed by atoms with Crippen molar-refractivity contribution >= 4 is 11.6 Å². The van der Waals surface area contributed by atoms with E-state index in [9.17, 15) is 4.39 Å². The fourth-order valence-corrected chi connectivity index (χ4v) is 2.84. The van der Waals surface area contributed by atoms with Gasteiger partial charge >= 0.3 is 0 Å². The molecule has 2 nitrogen and oxygen atoms in total. The van der Waals surface area contributed by atoms with Crippen molar-refractivity contribution in [3.05, 3.63) is 58.7 Å². The first-order valence-corrected chi connectivity index (χ1v) is 7.41. The minimum Gasteiger partial charge on any atom is -0.496 e. The molecule has 2 aromatic rings. The first-order valence-electron chi connectivity index (χ1n) is 6.88. The molecule has 0 spiro atoms.